The molecule has 33 heavy (non-hydrogen) atoms. The van der Waals surface area contributed by atoms with Gasteiger partial charge in [0.05, 0.1) is 17.6 Å². The highest BCUT2D eigenvalue weighted by molar-refractivity contribution is 5.68. The van der Waals surface area contributed by atoms with Crippen molar-refractivity contribution < 1.29 is 17.9 Å². The first-order chi connectivity index (χ1) is 15.9. The first kappa shape index (κ1) is 21.0. The molecule has 10 heteroatoms. The molecule has 1 aromatic carbocycles. The molecular formula is C23H21F3N6O. The minimum atomic E-state index is -2.75. The van der Waals surface area contributed by atoms with Crippen molar-refractivity contribution in [2.24, 2.45) is 0 Å². The number of ether oxygens (including phenoxy) is 1. The van der Waals surface area contributed by atoms with E-state index in [9.17, 15) is 13.2 Å². The highest BCUT2D eigenvalue weighted by Gasteiger charge is 2.25. The van der Waals surface area contributed by atoms with E-state index >= 15 is 0 Å². The van der Waals surface area contributed by atoms with Gasteiger partial charge in [0.2, 0.25) is 0 Å². The van der Waals surface area contributed by atoms with E-state index in [2.05, 4.69) is 15.2 Å². The van der Waals surface area contributed by atoms with Crippen LogP contribution in [0.15, 0.2) is 42.7 Å². The molecule has 3 aromatic heterocycles. The number of hydrogen-bond acceptors (Lipinski definition) is 5. The van der Waals surface area contributed by atoms with Crippen molar-refractivity contribution in [2.45, 2.75) is 39.3 Å². The Morgan fingerprint density at radius 3 is 2.79 bits per heavy atom. The Balaban J connectivity index is 1.81. The summed E-state index contributed by atoms with van der Waals surface area (Å²) in [5, 5.41) is 8.61. The van der Waals surface area contributed by atoms with Crippen molar-refractivity contribution in [1.29, 1.82) is 0 Å². The molecule has 170 valence electrons. The van der Waals surface area contributed by atoms with Crippen LogP contribution in [0.3, 0.4) is 0 Å². The lowest BCUT2D eigenvalue weighted by atomic mass is 10.0. The van der Waals surface area contributed by atoms with Gasteiger partial charge in [-0.15, -0.1) is 0 Å². The molecule has 0 saturated carbocycles. The Bertz CT molecular complexity index is 1350. The van der Waals surface area contributed by atoms with Crippen LogP contribution in [0.2, 0.25) is 0 Å². The molecule has 0 aliphatic carbocycles. The van der Waals surface area contributed by atoms with Gasteiger partial charge in [-0.05, 0) is 44.2 Å². The number of fused-ring (bicyclic) bond motifs is 7. The van der Waals surface area contributed by atoms with Crippen LogP contribution in [0.4, 0.5) is 19.0 Å². The number of hydrogen-bond donors (Lipinski definition) is 1. The first-order valence-electron chi connectivity index (χ1n) is 10.5. The number of alkyl halides is 2. The number of anilines is 1. The van der Waals surface area contributed by atoms with Gasteiger partial charge in [0.25, 0.3) is 6.43 Å². The summed E-state index contributed by atoms with van der Waals surface area (Å²) in [6.45, 7) is 4.28. The highest BCUT2D eigenvalue weighted by atomic mass is 19.3. The standard InChI is InChI=1S/C23H21F3N6O/c1-3-31-21-13(11-29-31)6-16-9-18(22(25)26)30-32(16)19-5-4-15(24)8-17(19)12(2)33-20-7-14(21)10-28-23(20)27/h4-5,7-12,22H,3,6H2,1-2H3,(H2,27,28). The molecule has 0 amide bonds. The van der Waals surface area contributed by atoms with E-state index in [1.54, 1.807) is 30.1 Å². The Morgan fingerprint density at radius 2 is 2.03 bits per heavy atom. The summed E-state index contributed by atoms with van der Waals surface area (Å²) in [5.74, 6) is 0.0366. The average molecular weight is 454 g/mol. The lowest BCUT2D eigenvalue weighted by Crippen LogP contribution is -2.13. The Kier molecular flexibility index (Phi) is 5.07. The van der Waals surface area contributed by atoms with Gasteiger partial charge in [-0.3, -0.25) is 4.68 Å². The fourth-order valence-electron chi connectivity index (χ4n) is 4.18. The molecule has 1 aliphatic rings. The summed E-state index contributed by atoms with van der Waals surface area (Å²) in [7, 11) is 0. The Morgan fingerprint density at radius 1 is 1.21 bits per heavy atom. The topological polar surface area (TPSA) is 83.8 Å². The van der Waals surface area contributed by atoms with Crippen LogP contribution in [0.1, 0.15) is 48.9 Å². The van der Waals surface area contributed by atoms with Crippen LogP contribution in [0.5, 0.6) is 5.75 Å². The lowest BCUT2D eigenvalue weighted by Gasteiger charge is -2.22. The quantitative estimate of drug-likeness (QED) is 0.468. The zero-order valence-electron chi connectivity index (χ0n) is 18.0. The maximum absolute atomic E-state index is 14.2. The number of nitrogen functional groups attached to an aromatic ring is 1. The van der Waals surface area contributed by atoms with E-state index < -0.39 is 18.3 Å². The maximum Gasteiger partial charge on any atom is 0.282 e. The van der Waals surface area contributed by atoms with Gasteiger partial charge in [0, 0.05) is 41.5 Å². The Labute approximate surface area is 187 Å². The Hall–Kier alpha value is -3.82. The van der Waals surface area contributed by atoms with Gasteiger partial charge in [0.15, 0.2) is 11.6 Å². The zero-order valence-corrected chi connectivity index (χ0v) is 18.0. The molecule has 7 nitrogen and oxygen atoms in total. The molecule has 4 aromatic rings. The van der Waals surface area contributed by atoms with Crippen LogP contribution in [0, 0.1) is 5.82 Å². The van der Waals surface area contributed by atoms with Crippen molar-refractivity contribution in [1.82, 2.24) is 24.5 Å². The average Bonchev–Trinajstić information content (AvgIpc) is 3.39. The van der Waals surface area contributed by atoms with E-state index in [4.69, 9.17) is 10.5 Å². The number of pyridine rings is 1. The number of nitrogens with two attached hydrogens (primary N) is 1. The monoisotopic (exact) mass is 454 g/mol. The summed E-state index contributed by atoms with van der Waals surface area (Å²) in [6, 6.07) is 7.23. The third-order valence-electron chi connectivity index (χ3n) is 5.73. The van der Waals surface area contributed by atoms with Gasteiger partial charge in [-0.25, -0.2) is 22.8 Å². The molecule has 0 spiro atoms. The number of aryl methyl sites for hydroxylation is 1. The SMILES string of the molecule is CCn1ncc2c1-c1cnc(N)c(c1)OC(C)c1cc(F)ccc1-n1nc(C(F)F)cc1C2. The molecule has 4 heterocycles. The summed E-state index contributed by atoms with van der Waals surface area (Å²) in [4.78, 5) is 4.28. The van der Waals surface area contributed by atoms with Crippen LogP contribution in [-0.2, 0) is 13.0 Å². The predicted molar refractivity (Wildman–Crippen MR) is 116 cm³/mol. The molecule has 5 rings (SSSR count). The van der Waals surface area contributed by atoms with Gasteiger partial charge < -0.3 is 10.5 Å². The molecular weight excluding hydrogens is 433 g/mol. The molecule has 0 saturated heterocycles. The lowest BCUT2D eigenvalue weighted by molar-refractivity contribution is 0.145. The number of benzene rings is 1. The highest BCUT2D eigenvalue weighted by Crippen LogP contribution is 2.36. The van der Waals surface area contributed by atoms with Crippen molar-refractivity contribution >= 4 is 5.82 Å². The molecule has 2 bridgehead atoms. The summed E-state index contributed by atoms with van der Waals surface area (Å²) in [5.41, 5.74) is 9.42. The van der Waals surface area contributed by atoms with Crippen LogP contribution < -0.4 is 10.5 Å². The van der Waals surface area contributed by atoms with E-state index in [0.29, 0.717) is 29.2 Å². The van der Waals surface area contributed by atoms with E-state index in [0.717, 1.165) is 16.8 Å². The summed E-state index contributed by atoms with van der Waals surface area (Å²) in [6.07, 6.45) is 0.184. The number of halogens is 3. The smallest absolute Gasteiger partial charge is 0.282 e. The molecule has 1 atom stereocenters. The predicted octanol–water partition coefficient (Wildman–Crippen LogP) is 4.85. The van der Waals surface area contributed by atoms with Gasteiger partial charge >= 0.3 is 0 Å². The minimum Gasteiger partial charge on any atom is -0.482 e. The molecule has 0 fully saturated rings. The molecule has 1 unspecified atom stereocenters. The maximum atomic E-state index is 14.2. The summed E-state index contributed by atoms with van der Waals surface area (Å²) < 4.78 is 50.8. The summed E-state index contributed by atoms with van der Waals surface area (Å²) >= 11 is 0. The molecule has 0 radical (unpaired) electrons. The van der Waals surface area contributed by atoms with Gasteiger partial charge in [0.1, 0.15) is 17.6 Å². The van der Waals surface area contributed by atoms with Crippen molar-refractivity contribution in [3.05, 3.63) is 71.1 Å². The molecule has 2 N–H and O–H groups in total. The van der Waals surface area contributed by atoms with Gasteiger partial charge in [-0.1, -0.05) is 0 Å². The second-order valence-electron chi connectivity index (χ2n) is 7.85. The van der Waals surface area contributed by atoms with Crippen molar-refractivity contribution in [2.75, 3.05) is 5.73 Å². The van der Waals surface area contributed by atoms with Crippen molar-refractivity contribution in [3.63, 3.8) is 0 Å². The number of nitrogens with zero attached hydrogens (tertiary/aromatic N) is 5. The van der Waals surface area contributed by atoms with Crippen LogP contribution in [0.25, 0.3) is 16.9 Å². The fraction of sp³-hybridized carbons (Fsp3) is 0.261. The van der Waals surface area contributed by atoms with E-state index in [1.165, 1.54) is 28.9 Å². The van der Waals surface area contributed by atoms with Crippen molar-refractivity contribution in [3.8, 4) is 22.7 Å². The minimum absolute atomic E-state index is 0.185. The second kappa shape index (κ2) is 7.95. The first-order valence-corrected chi connectivity index (χ1v) is 10.5. The van der Waals surface area contributed by atoms with Gasteiger partial charge in [-0.2, -0.15) is 10.2 Å². The normalized spacial score (nSPS) is 15.2. The second-order valence-corrected chi connectivity index (χ2v) is 7.85. The van der Waals surface area contributed by atoms with E-state index in [-0.39, 0.29) is 17.9 Å². The number of aromatic nitrogens is 5. The number of rotatable bonds is 2. The zero-order chi connectivity index (χ0) is 23.3. The van der Waals surface area contributed by atoms with E-state index in [1.807, 2.05) is 6.92 Å². The van der Waals surface area contributed by atoms with Crippen LogP contribution in [-0.4, -0.2) is 24.5 Å². The third-order valence-corrected chi connectivity index (χ3v) is 5.73. The van der Waals surface area contributed by atoms with Crippen LogP contribution >= 0.6 is 0 Å². The third kappa shape index (κ3) is 3.61. The largest absolute Gasteiger partial charge is 0.482 e. The fourth-order valence-corrected chi connectivity index (χ4v) is 4.18. The molecule has 1 aliphatic heterocycles.